The predicted molar refractivity (Wildman–Crippen MR) is 70.0 cm³/mol. The third-order valence-corrected chi connectivity index (χ3v) is 3.50. The number of esters is 1. The van der Waals surface area contributed by atoms with Gasteiger partial charge in [-0.25, -0.2) is 4.79 Å². The first-order valence-corrected chi connectivity index (χ1v) is 6.19. The van der Waals surface area contributed by atoms with Gasteiger partial charge in [-0.05, 0) is 18.6 Å². The summed E-state index contributed by atoms with van der Waals surface area (Å²) in [6, 6.07) is 6.80. The van der Waals surface area contributed by atoms with E-state index in [4.69, 9.17) is 9.47 Å². The van der Waals surface area contributed by atoms with E-state index in [9.17, 15) is 9.59 Å². The molecule has 1 aromatic rings. The minimum atomic E-state index is -0.469. The standard InChI is InChI=1S/C14H17NO4/c1-3-14(8-19-9-14)13(17)15-11-7-5-4-6-10(11)12(16)18-2/h4-7H,3,8-9H2,1-2H3,(H,15,17). The highest BCUT2D eigenvalue weighted by molar-refractivity contribution is 6.03. The maximum atomic E-state index is 12.3. The number of carbonyl (C=O) groups is 2. The summed E-state index contributed by atoms with van der Waals surface area (Å²) < 4.78 is 9.83. The number of nitrogens with one attached hydrogen (secondary N) is 1. The minimum Gasteiger partial charge on any atom is -0.465 e. The Hall–Kier alpha value is -1.88. The first-order valence-electron chi connectivity index (χ1n) is 6.19. The van der Waals surface area contributed by atoms with Gasteiger partial charge in [0.15, 0.2) is 0 Å². The Labute approximate surface area is 111 Å². The van der Waals surface area contributed by atoms with Gasteiger partial charge in [0, 0.05) is 0 Å². The molecule has 0 aromatic heterocycles. The highest BCUT2D eigenvalue weighted by Crippen LogP contribution is 2.33. The molecule has 1 amide bonds. The van der Waals surface area contributed by atoms with Crippen LogP contribution < -0.4 is 5.32 Å². The SMILES string of the molecule is CCC1(C(=O)Nc2ccccc2C(=O)OC)COC1. The molecule has 0 atom stereocenters. The van der Waals surface area contributed by atoms with Crippen LogP contribution in [0.3, 0.4) is 0 Å². The molecule has 2 rings (SSSR count). The van der Waals surface area contributed by atoms with Crippen LogP contribution in [0.2, 0.25) is 0 Å². The number of hydrogen-bond donors (Lipinski definition) is 1. The summed E-state index contributed by atoms with van der Waals surface area (Å²) in [6.45, 7) is 2.81. The second-order valence-electron chi connectivity index (χ2n) is 4.62. The normalized spacial score (nSPS) is 16.3. The molecule has 1 aromatic carbocycles. The van der Waals surface area contributed by atoms with Crippen LogP contribution in [0.1, 0.15) is 23.7 Å². The zero-order valence-electron chi connectivity index (χ0n) is 11.1. The number of benzene rings is 1. The number of para-hydroxylation sites is 1. The Morgan fingerprint density at radius 1 is 1.37 bits per heavy atom. The molecule has 1 aliphatic heterocycles. The maximum absolute atomic E-state index is 12.3. The molecule has 102 valence electrons. The number of hydrogen-bond acceptors (Lipinski definition) is 4. The van der Waals surface area contributed by atoms with Crippen molar-refractivity contribution in [2.24, 2.45) is 5.41 Å². The van der Waals surface area contributed by atoms with E-state index in [1.54, 1.807) is 24.3 Å². The highest BCUT2D eigenvalue weighted by atomic mass is 16.5. The number of anilines is 1. The molecule has 0 unspecified atom stereocenters. The fourth-order valence-electron chi connectivity index (χ4n) is 1.98. The second kappa shape index (κ2) is 5.40. The van der Waals surface area contributed by atoms with Crippen LogP contribution in [0.5, 0.6) is 0 Å². The van der Waals surface area contributed by atoms with Crippen molar-refractivity contribution in [3.63, 3.8) is 0 Å². The molecule has 0 spiro atoms. The van der Waals surface area contributed by atoms with Crippen LogP contribution in [0.4, 0.5) is 5.69 Å². The van der Waals surface area contributed by atoms with Gasteiger partial charge in [-0.3, -0.25) is 4.79 Å². The van der Waals surface area contributed by atoms with Crippen molar-refractivity contribution < 1.29 is 19.1 Å². The molecule has 5 nitrogen and oxygen atoms in total. The zero-order chi connectivity index (χ0) is 13.9. The van der Waals surface area contributed by atoms with E-state index < -0.39 is 11.4 Å². The van der Waals surface area contributed by atoms with E-state index in [0.717, 1.165) is 0 Å². The molecule has 1 fully saturated rings. The topological polar surface area (TPSA) is 64.6 Å². The lowest BCUT2D eigenvalue weighted by molar-refractivity contribution is -0.156. The van der Waals surface area contributed by atoms with Crippen molar-refractivity contribution in [3.8, 4) is 0 Å². The summed E-state index contributed by atoms with van der Waals surface area (Å²) in [5, 5.41) is 2.80. The van der Waals surface area contributed by atoms with Crippen LogP contribution in [0.15, 0.2) is 24.3 Å². The fraction of sp³-hybridized carbons (Fsp3) is 0.429. The Kier molecular flexibility index (Phi) is 3.85. The van der Waals surface area contributed by atoms with Gasteiger partial charge in [-0.1, -0.05) is 19.1 Å². The molecule has 19 heavy (non-hydrogen) atoms. The smallest absolute Gasteiger partial charge is 0.339 e. The quantitative estimate of drug-likeness (QED) is 0.842. The van der Waals surface area contributed by atoms with Crippen LogP contribution in [-0.2, 0) is 14.3 Å². The summed E-state index contributed by atoms with van der Waals surface area (Å²) >= 11 is 0. The Morgan fingerprint density at radius 2 is 2.05 bits per heavy atom. The van der Waals surface area contributed by atoms with Gasteiger partial charge in [-0.2, -0.15) is 0 Å². The van der Waals surface area contributed by atoms with Gasteiger partial charge in [0.1, 0.15) is 0 Å². The van der Waals surface area contributed by atoms with Gasteiger partial charge in [0.05, 0.1) is 37.0 Å². The third-order valence-electron chi connectivity index (χ3n) is 3.50. The van der Waals surface area contributed by atoms with Crippen LogP contribution in [-0.4, -0.2) is 32.2 Å². The Bertz CT molecular complexity index is 488. The molecule has 0 aliphatic carbocycles. The number of carbonyl (C=O) groups excluding carboxylic acids is 2. The Balaban J connectivity index is 2.19. The lowest BCUT2D eigenvalue weighted by atomic mass is 9.82. The molecule has 1 saturated heterocycles. The van der Waals surface area contributed by atoms with Crippen LogP contribution >= 0.6 is 0 Å². The minimum absolute atomic E-state index is 0.113. The molecule has 0 saturated carbocycles. The number of rotatable bonds is 4. The van der Waals surface area contributed by atoms with E-state index in [2.05, 4.69) is 5.32 Å². The van der Waals surface area contributed by atoms with Gasteiger partial charge in [0.25, 0.3) is 0 Å². The maximum Gasteiger partial charge on any atom is 0.339 e. The summed E-state index contributed by atoms with van der Waals surface area (Å²) in [4.78, 5) is 23.9. The number of amides is 1. The highest BCUT2D eigenvalue weighted by Gasteiger charge is 2.44. The molecule has 5 heteroatoms. The van der Waals surface area contributed by atoms with Crippen molar-refractivity contribution in [1.29, 1.82) is 0 Å². The van der Waals surface area contributed by atoms with Crippen molar-refractivity contribution in [1.82, 2.24) is 0 Å². The molecule has 0 bridgehead atoms. The summed E-state index contributed by atoms with van der Waals surface area (Å²) in [7, 11) is 1.31. The number of methoxy groups -OCH3 is 1. The molecular weight excluding hydrogens is 246 g/mol. The Morgan fingerprint density at radius 3 is 2.58 bits per heavy atom. The van der Waals surface area contributed by atoms with Gasteiger partial charge in [-0.15, -0.1) is 0 Å². The van der Waals surface area contributed by atoms with Crippen molar-refractivity contribution in [2.75, 3.05) is 25.6 Å². The summed E-state index contributed by atoms with van der Waals surface area (Å²) in [5.41, 5.74) is 0.354. The van der Waals surface area contributed by atoms with Gasteiger partial charge in [0.2, 0.25) is 5.91 Å². The third kappa shape index (κ3) is 2.46. The predicted octanol–water partition coefficient (Wildman–Crippen LogP) is 1.84. The largest absolute Gasteiger partial charge is 0.465 e. The van der Waals surface area contributed by atoms with E-state index in [-0.39, 0.29) is 5.91 Å². The van der Waals surface area contributed by atoms with Crippen LogP contribution in [0, 0.1) is 5.41 Å². The summed E-state index contributed by atoms with van der Waals surface area (Å²) in [5.74, 6) is -0.580. The van der Waals surface area contributed by atoms with E-state index in [1.165, 1.54) is 7.11 Å². The molecule has 1 aliphatic rings. The second-order valence-corrected chi connectivity index (χ2v) is 4.62. The summed E-state index contributed by atoms with van der Waals surface area (Å²) in [6.07, 6.45) is 0.708. The van der Waals surface area contributed by atoms with Crippen LogP contribution in [0.25, 0.3) is 0 Å². The van der Waals surface area contributed by atoms with E-state index in [1.807, 2.05) is 6.92 Å². The van der Waals surface area contributed by atoms with Gasteiger partial charge >= 0.3 is 5.97 Å². The van der Waals surface area contributed by atoms with Crippen molar-refractivity contribution in [2.45, 2.75) is 13.3 Å². The van der Waals surface area contributed by atoms with Gasteiger partial charge < -0.3 is 14.8 Å². The van der Waals surface area contributed by atoms with E-state index in [0.29, 0.717) is 30.9 Å². The first kappa shape index (κ1) is 13.5. The average Bonchev–Trinajstić information content (AvgIpc) is 2.38. The lowest BCUT2D eigenvalue weighted by Gasteiger charge is -2.39. The van der Waals surface area contributed by atoms with Crippen molar-refractivity contribution in [3.05, 3.63) is 29.8 Å². The zero-order valence-corrected chi connectivity index (χ0v) is 11.1. The monoisotopic (exact) mass is 263 g/mol. The first-order chi connectivity index (χ1) is 9.13. The lowest BCUT2D eigenvalue weighted by Crippen LogP contribution is -2.51. The molecule has 1 N–H and O–H groups in total. The van der Waals surface area contributed by atoms with E-state index >= 15 is 0 Å². The molecule has 0 radical (unpaired) electrons. The van der Waals surface area contributed by atoms with Crippen molar-refractivity contribution >= 4 is 17.6 Å². The molecule has 1 heterocycles. The molecular formula is C14H17NO4. The average molecular weight is 263 g/mol. The fourth-order valence-corrected chi connectivity index (χ4v) is 1.98. The number of ether oxygens (including phenoxy) is 2.